The molecule has 0 aromatic heterocycles. The highest BCUT2D eigenvalue weighted by Crippen LogP contribution is 2.20. The third-order valence-corrected chi connectivity index (χ3v) is 3.19. The van der Waals surface area contributed by atoms with Gasteiger partial charge in [0.25, 0.3) is 0 Å². The molecule has 1 aromatic rings. The maximum absolute atomic E-state index is 6.03. The van der Waals surface area contributed by atoms with Gasteiger partial charge in [-0.1, -0.05) is 29.8 Å². The van der Waals surface area contributed by atoms with E-state index >= 15 is 0 Å². The smallest absolute Gasteiger partial charge is 0.0589 e. The number of hydrogen-bond acceptors (Lipinski definition) is 3. The summed E-state index contributed by atoms with van der Waals surface area (Å²) in [5, 5.41) is 0.841. The summed E-state index contributed by atoms with van der Waals surface area (Å²) in [6.07, 6.45) is 0. The van der Waals surface area contributed by atoms with Crippen molar-refractivity contribution in [1.82, 2.24) is 0 Å². The van der Waals surface area contributed by atoms with Crippen molar-refractivity contribution in [3.8, 4) is 0 Å². The first-order valence-corrected chi connectivity index (χ1v) is 6.47. The molecular weight excluding hydrogens is 230 g/mol. The Morgan fingerprint density at radius 3 is 2.80 bits per heavy atom. The minimum atomic E-state index is 0.592. The van der Waals surface area contributed by atoms with Gasteiger partial charge in [0.05, 0.1) is 13.2 Å². The highest BCUT2D eigenvalue weighted by atomic mass is 35.5. The molecule has 15 heavy (non-hydrogen) atoms. The van der Waals surface area contributed by atoms with Crippen molar-refractivity contribution >= 4 is 23.4 Å². The van der Waals surface area contributed by atoms with Crippen LogP contribution in [0.1, 0.15) is 5.56 Å². The van der Waals surface area contributed by atoms with E-state index in [-0.39, 0.29) is 0 Å². The van der Waals surface area contributed by atoms with Crippen LogP contribution in [-0.2, 0) is 10.5 Å². The molecule has 0 saturated carbocycles. The van der Waals surface area contributed by atoms with Crippen LogP contribution in [0.3, 0.4) is 0 Å². The van der Waals surface area contributed by atoms with Crippen molar-refractivity contribution in [3.63, 3.8) is 0 Å². The van der Waals surface area contributed by atoms with Gasteiger partial charge in [-0.2, -0.15) is 11.8 Å². The average molecular weight is 246 g/mol. The van der Waals surface area contributed by atoms with Gasteiger partial charge in [-0.15, -0.1) is 0 Å². The molecule has 4 heteroatoms. The minimum Gasteiger partial charge on any atom is -0.379 e. The maximum Gasteiger partial charge on any atom is 0.0589 e. The Labute approximate surface area is 100 Å². The monoisotopic (exact) mass is 245 g/mol. The predicted molar refractivity (Wildman–Crippen MR) is 67.5 cm³/mol. The molecule has 0 saturated heterocycles. The number of hydrogen-bond donors (Lipinski definition) is 1. The Hall–Kier alpha value is -0.220. The fourth-order valence-electron chi connectivity index (χ4n) is 1.10. The molecular formula is C11H16ClNOS. The van der Waals surface area contributed by atoms with E-state index < -0.39 is 0 Å². The van der Waals surface area contributed by atoms with E-state index in [1.165, 1.54) is 5.56 Å². The van der Waals surface area contributed by atoms with Crippen molar-refractivity contribution in [2.45, 2.75) is 5.75 Å². The molecule has 0 aliphatic rings. The van der Waals surface area contributed by atoms with E-state index in [2.05, 4.69) is 6.07 Å². The summed E-state index contributed by atoms with van der Waals surface area (Å²) in [5.74, 6) is 1.91. The fourth-order valence-corrected chi connectivity index (χ4v) is 2.23. The van der Waals surface area contributed by atoms with Crippen LogP contribution in [0.4, 0.5) is 0 Å². The molecule has 0 aliphatic heterocycles. The number of rotatable bonds is 7. The summed E-state index contributed by atoms with van der Waals surface area (Å²) in [4.78, 5) is 0. The van der Waals surface area contributed by atoms with Crippen LogP contribution in [-0.4, -0.2) is 25.5 Å². The number of halogens is 1. The summed E-state index contributed by atoms with van der Waals surface area (Å²) in [6.45, 7) is 1.99. The maximum atomic E-state index is 6.03. The summed E-state index contributed by atoms with van der Waals surface area (Å²) in [5.41, 5.74) is 6.49. The van der Waals surface area contributed by atoms with Gasteiger partial charge in [-0.25, -0.2) is 0 Å². The quantitative estimate of drug-likeness (QED) is 0.750. The number of ether oxygens (including phenoxy) is 1. The Bertz CT molecular complexity index is 283. The molecule has 2 nitrogen and oxygen atoms in total. The molecule has 0 amide bonds. The average Bonchev–Trinajstić information content (AvgIpc) is 2.25. The van der Waals surface area contributed by atoms with Gasteiger partial charge in [-0.3, -0.25) is 0 Å². The van der Waals surface area contributed by atoms with Crippen LogP contribution in [0.15, 0.2) is 24.3 Å². The lowest BCUT2D eigenvalue weighted by Gasteiger charge is -2.04. The summed E-state index contributed by atoms with van der Waals surface area (Å²) >= 11 is 7.85. The predicted octanol–water partition coefficient (Wildman–Crippen LogP) is 2.55. The molecule has 84 valence electrons. The van der Waals surface area contributed by atoms with Crippen LogP contribution in [0.2, 0.25) is 5.02 Å². The van der Waals surface area contributed by atoms with Crippen LogP contribution < -0.4 is 5.73 Å². The van der Waals surface area contributed by atoms with Gasteiger partial charge >= 0.3 is 0 Å². The van der Waals surface area contributed by atoms with Gasteiger partial charge in [0.2, 0.25) is 0 Å². The van der Waals surface area contributed by atoms with E-state index in [0.717, 1.165) is 23.1 Å². The standard InChI is InChI=1S/C11H16ClNOS/c12-11-4-2-1-3-10(11)9-15-8-7-14-6-5-13/h1-4H,5-9,13H2. The first-order chi connectivity index (χ1) is 7.34. The molecule has 1 aromatic carbocycles. The third kappa shape index (κ3) is 5.42. The Balaban J connectivity index is 2.12. The van der Waals surface area contributed by atoms with Gasteiger partial charge in [0.15, 0.2) is 0 Å². The van der Waals surface area contributed by atoms with Crippen molar-refractivity contribution in [2.24, 2.45) is 5.73 Å². The fraction of sp³-hybridized carbons (Fsp3) is 0.455. The lowest BCUT2D eigenvalue weighted by atomic mass is 10.2. The Morgan fingerprint density at radius 1 is 1.27 bits per heavy atom. The summed E-state index contributed by atoms with van der Waals surface area (Å²) < 4.78 is 5.27. The zero-order chi connectivity index (χ0) is 10.9. The van der Waals surface area contributed by atoms with Gasteiger partial charge in [0, 0.05) is 23.1 Å². The summed E-state index contributed by atoms with van der Waals surface area (Å²) in [7, 11) is 0. The van der Waals surface area contributed by atoms with E-state index in [1.807, 2.05) is 30.0 Å². The molecule has 0 radical (unpaired) electrons. The first-order valence-electron chi connectivity index (χ1n) is 4.93. The molecule has 0 aliphatic carbocycles. The Morgan fingerprint density at radius 2 is 2.07 bits per heavy atom. The zero-order valence-corrected chi connectivity index (χ0v) is 10.2. The molecule has 1 rings (SSSR count). The lowest BCUT2D eigenvalue weighted by molar-refractivity contribution is 0.158. The van der Waals surface area contributed by atoms with Crippen LogP contribution in [0, 0.1) is 0 Å². The summed E-state index contributed by atoms with van der Waals surface area (Å²) in [6, 6.07) is 7.92. The number of nitrogens with two attached hydrogens (primary N) is 1. The molecule has 0 fully saturated rings. The van der Waals surface area contributed by atoms with E-state index in [1.54, 1.807) is 0 Å². The van der Waals surface area contributed by atoms with Crippen LogP contribution in [0.5, 0.6) is 0 Å². The second kappa shape index (κ2) is 7.99. The van der Waals surface area contributed by atoms with E-state index in [4.69, 9.17) is 22.1 Å². The first kappa shape index (κ1) is 12.8. The molecule has 0 bridgehead atoms. The normalized spacial score (nSPS) is 10.5. The van der Waals surface area contributed by atoms with Gasteiger partial charge < -0.3 is 10.5 Å². The third-order valence-electron chi connectivity index (χ3n) is 1.85. The topological polar surface area (TPSA) is 35.2 Å². The molecule has 0 spiro atoms. The van der Waals surface area contributed by atoms with Crippen LogP contribution >= 0.6 is 23.4 Å². The second-order valence-corrected chi connectivity index (χ2v) is 4.56. The van der Waals surface area contributed by atoms with Gasteiger partial charge in [-0.05, 0) is 11.6 Å². The molecule has 0 heterocycles. The second-order valence-electron chi connectivity index (χ2n) is 3.05. The SMILES string of the molecule is NCCOCCSCc1ccccc1Cl. The molecule has 2 N–H and O–H groups in total. The Kier molecular flexibility index (Phi) is 6.85. The number of thioether (sulfide) groups is 1. The zero-order valence-electron chi connectivity index (χ0n) is 8.62. The van der Waals surface area contributed by atoms with Crippen molar-refractivity contribution in [1.29, 1.82) is 0 Å². The number of benzene rings is 1. The highest BCUT2D eigenvalue weighted by molar-refractivity contribution is 7.98. The van der Waals surface area contributed by atoms with E-state index in [0.29, 0.717) is 13.2 Å². The van der Waals surface area contributed by atoms with Crippen molar-refractivity contribution in [3.05, 3.63) is 34.9 Å². The van der Waals surface area contributed by atoms with Crippen molar-refractivity contribution < 1.29 is 4.74 Å². The van der Waals surface area contributed by atoms with Crippen LogP contribution in [0.25, 0.3) is 0 Å². The minimum absolute atomic E-state index is 0.592. The van der Waals surface area contributed by atoms with E-state index in [9.17, 15) is 0 Å². The van der Waals surface area contributed by atoms with Crippen molar-refractivity contribution in [2.75, 3.05) is 25.5 Å². The molecule has 0 atom stereocenters. The highest BCUT2D eigenvalue weighted by Gasteiger charge is 1.98. The van der Waals surface area contributed by atoms with Gasteiger partial charge in [0.1, 0.15) is 0 Å². The largest absolute Gasteiger partial charge is 0.379 e. The lowest BCUT2D eigenvalue weighted by Crippen LogP contribution is -2.09. The molecule has 0 unspecified atom stereocenters.